The second kappa shape index (κ2) is 4.04. The van der Waals surface area contributed by atoms with Crippen molar-refractivity contribution in [2.75, 3.05) is 23.3 Å². The van der Waals surface area contributed by atoms with E-state index in [2.05, 4.69) is 0 Å². The molecule has 0 spiro atoms. The van der Waals surface area contributed by atoms with Crippen LogP contribution >= 0.6 is 0 Å². The SMILES string of the molecule is O=C(O)Nc1cc(F)c(N2CC(F)(F)C2)c(F)c1. The third-order valence-electron chi connectivity index (χ3n) is 2.43. The van der Waals surface area contributed by atoms with Gasteiger partial charge in [0, 0.05) is 5.69 Å². The van der Waals surface area contributed by atoms with Crippen LogP contribution in [0.4, 0.5) is 33.7 Å². The Balaban J connectivity index is 2.25. The van der Waals surface area contributed by atoms with Gasteiger partial charge in [-0.15, -0.1) is 0 Å². The van der Waals surface area contributed by atoms with Crippen molar-refractivity contribution < 1.29 is 27.5 Å². The van der Waals surface area contributed by atoms with Gasteiger partial charge < -0.3 is 10.0 Å². The molecule has 1 fully saturated rings. The summed E-state index contributed by atoms with van der Waals surface area (Å²) in [4.78, 5) is 11.2. The van der Waals surface area contributed by atoms with E-state index in [-0.39, 0.29) is 5.69 Å². The van der Waals surface area contributed by atoms with E-state index in [1.54, 1.807) is 5.32 Å². The van der Waals surface area contributed by atoms with Crippen molar-refractivity contribution in [3.63, 3.8) is 0 Å². The number of nitrogens with one attached hydrogen (secondary N) is 1. The molecule has 0 radical (unpaired) electrons. The molecule has 98 valence electrons. The van der Waals surface area contributed by atoms with Gasteiger partial charge in [0.05, 0.1) is 13.1 Å². The van der Waals surface area contributed by atoms with E-state index in [4.69, 9.17) is 5.11 Å². The molecule has 0 aliphatic carbocycles. The molecule has 1 amide bonds. The Kier molecular flexibility index (Phi) is 2.80. The van der Waals surface area contributed by atoms with E-state index in [1.807, 2.05) is 0 Å². The summed E-state index contributed by atoms with van der Waals surface area (Å²) in [5.74, 6) is -5.12. The molecule has 0 aromatic heterocycles. The van der Waals surface area contributed by atoms with Gasteiger partial charge in [-0.05, 0) is 12.1 Å². The Morgan fingerprint density at radius 3 is 2.17 bits per heavy atom. The number of rotatable bonds is 2. The molecule has 0 saturated carbocycles. The summed E-state index contributed by atoms with van der Waals surface area (Å²) < 4.78 is 52.3. The lowest BCUT2D eigenvalue weighted by Crippen LogP contribution is -2.57. The fourth-order valence-electron chi connectivity index (χ4n) is 1.73. The van der Waals surface area contributed by atoms with E-state index in [0.29, 0.717) is 0 Å². The first-order valence-electron chi connectivity index (χ1n) is 4.90. The molecule has 2 rings (SSSR count). The van der Waals surface area contributed by atoms with Crippen molar-refractivity contribution in [2.45, 2.75) is 5.92 Å². The molecule has 1 aliphatic heterocycles. The van der Waals surface area contributed by atoms with Crippen LogP contribution in [0.5, 0.6) is 0 Å². The maximum atomic E-state index is 13.5. The number of hydrogen-bond donors (Lipinski definition) is 2. The van der Waals surface area contributed by atoms with E-state index in [9.17, 15) is 22.4 Å². The molecule has 18 heavy (non-hydrogen) atoms. The van der Waals surface area contributed by atoms with E-state index < -0.39 is 42.4 Å². The largest absolute Gasteiger partial charge is 0.465 e. The number of carboxylic acid groups (broad SMARTS) is 1. The fraction of sp³-hybridized carbons (Fsp3) is 0.300. The summed E-state index contributed by atoms with van der Waals surface area (Å²) in [5, 5.41) is 10.2. The summed E-state index contributed by atoms with van der Waals surface area (Å²) in [6.07, 6.45) is -1.47. The van der Waals surface area contributed by atoms with Crippen LogP contribution in [-0.4, -0.2) is 30.2 Å². The van der Waals surface area contributed by atoms with Crippen molar-refractivity contribution in [1.82, 2.24) is 0 Å². The third-order valence-corrected chi connectivity index (χ3v) is 2.43. The minimum Gasteiger partial charge on any atom is -0.465 e. The molecular formula is C10H8F4N2O2. The standard InChI is InChI=1S/C10H8F4N2O2/c11-6-1-5(15-9(17)18)2-7(12)8(6)16-3-10(13,14)4-16/h1-2,15H,3-4H2,(H,17,18). The van der Waals surface area contributed by atoms with Crippen molar-refractivity contribution in [1.29, 1.82) is 0 Å². The van der Waals surface area contributed by atoms with Crippen LogP contribution in [0.2, 0.25) is 0 Å². The van der Waals surface area contributed by atoms with Gasteiger partial charge in [-0.3, -0.25) is 5.32 Å². The smallest absolute Gasteiger partial charge is 0.409 e. The highest BCUT2D eigenvalue weighted by Crippen LogP contribution is 2.36. The highest BCUT2D eigenvalue weighted by atomic mass is 19.3. The van der Waals surface area contributed by atoms with Crippen LogP contribution in [0.25, 0.3) is 0 Å². The topological polar surface area (TPSA) is 52.6 Å². The molecule has 0 unspecified atom stereocenters. The van der Waals surface area contributed by atoms with Gasteiger partial charge in [0.15, 0.2) is 11.6 Å². The zero-order chi connectivity index (χ0) is 13.5. The summed E-state index contributed by atoms with van der Waals surface area (Å²) in [6.45, 7) is -1.51. The number of alkyl halides is 2. The lowest BCUT2D eigenvalue weighted by atomic mass is 10.1. The van der Waals surface area contributed by atoms with Crippen LogP contribution in [0, 0.1) is 11.6 Å². The van der Waals surface area contributed by atoms with Crippen molar-refractivity contribution >= 4 is 17.5 Å². The quantitative estimate of drug-likeness (QED) is 0.807. The summed E-state index contributed by atoms with van der Waals surface area (Å²) >= 11 is 0. The minimum atomic E-state index is -2.95. The van der Waals surface area contributed by atoms with Gasteiger partial charge in [-0.25, -0.2) is 22.4 Å². The lowest BCUT2D eigenvalue weighted by molar-refractivity contribution is -0.0268. The summed E-state index contributed by atoms with van der Waals surface area (Å²) in [5.41, 5.74) is -0.870. The molecule has 0 atom stereocenters. The van der Waals surface area contributed by atoms with Gasteiger partial charge in [-0.2, -0.15) is 0 Å². The predicted molar refractivity (Wildman–Crippen MR) is 55.2 cm³/mol. The minimum absolute atomic E-state index is 0.298. The Labute approximate surface area is 98.8 Å². The number of carbonyl (C=O) groups is 1. The van der Waals surface area contributed by atoms with E-state index in [0.717, 1.165) is 17.0 Å². The average Bonchev–Trinajstić information content (AvgIpc) is 2.11. The molecule has 1 aliphatic rings. The molecule has 1 saturated heterocycles. The number of amides is 1. The highest BCUT2D eigenvalue weighted by molar-refractivity contribution is 5.83. The number of nitrogens with zero attached hydrogens (tertiary/aromatic N) is 1. The van der Waals surface area contributed by atoms with Crippen LogP contribution in [-0.2, 0) is 0 Å². The van der Waals surface area contributed by atoms with Crippen molar-refractivity contribution in [3.8, 4) is 0 Å². The van der Waals surface area contributed by atoms with Crippen molar-refractivity contribution in [2.24, 2.45) is 0 Å². The molecule has 2 N–H and O–H groups in total. The Morgan fingerprint density at radius 1 is 1.28 bits per heavy atom. The zero-order valence-corrected chi connectivity index (χ0v) is 8.88. The van der Waals surface area contributed by atoms with Crippen LogP contribution in [0.15, 0.2) is 12.1 Å². The highest BCUT2D eigenvalue weighted by Gasteiger charge is 2.45. The van der Waals surface area contributed by atoms with Gasteiger partial charge in [-0.1, -0.05) is 0 Å². The lowest BCUT2D eigenvalue weighted by Gasteiger charge is -2.40. The third kappa shape index (κ3) is 2.31. The Bertz CT molecular complexity index is 476. The van der Waals surface area contributed by atoms with Crippen molar-refractivity contribution in [3.05, 3.63) is 23.8 Å². The number of benzene rings is 1. The predicted octanol–water partition coefficient (Wildman–Crippen LogP) is 2.51. The molecule has 1 aromatic carbocycles. The number of halogens is 4. The first kappa shape index (κ1) is 12.5. The van der Waals surface area contributed by atoms with Gasteiger partial charge in [0.1, 0.15) is 5.69 Å². The monoisotopic (exact) mass is 264 g/mol. The molecule has 1 aromatic rings. The van der Waals surface area contributed by atoms with Crippen LogP contribution in [0.3, 0.4) is 0 Å². The Hall–Kier alpha value is -1.99. The molecule has 1 heterocycles. The number of anilines is 2. The molecule has 4 nitrogen and oxygen atoms in total. The number of hydrogen-bond acceptors (Lipinski definition) is 2. The molecule has 8 heteroatoms. The first-order chi connectivity index (χ1) is 8.28. The maximum Gasteiger partial charge on any atom is 0.409 e. The van der Waals surface area contributed by atoms with Gasteiger partial charge in [0.25, 0.3) is 5.92 Å². The van der Waals surface area contributed by atoms with Crippen LogP contribution in [0.1, 0.15) is 0 Å². The average molecular weight is 264 g/mol. The summed E-state index contributed by atoms with van der Waals surface area (Å²) in [6, 6.07) is 1.48. The Morgan fingerprint density at radius 2 is 1.78 bits per heavy atom. The molecule has 0 bridgehead atoms. The summed E-state index contributed by atoms with van der Waals surface area (Å²) in [7, 11) is 0. The second-order valence-electron chi connectivity index (χ2n) is 3.93. The van der Waals surface area contributed by atoms with E-state index in [1.165, 1.54) is 0 Å². The van der Waals surface area contributed by atoms with Crippen LogP contribution < -0.4 is 10.2 Å². The first-order valence-corrected chi connectivity index (χ1v) is 4.90. The fourth-order valence-corrected chi connectivity index (χ4v) is 1.73. The molecular weight excluding hydrogens is 256 g/mol. The maximum absolute atomic E-state index is 13.5. The second-order valence-corrected chi connectivity index (χ2v) is 3.93. The normalized spacial score (nSPS) is 17.2. The van der Waals surface area contributed by atoms with E-state index >= 15 is 0 Å². The van der Waals surface area contributed by atoms with Gasteiger partial charge in [0.2, 0.25) is 0 Å². The zero-order valence-electron chi connectivity index (χ0n) is 8.88. The van der Waals surface area contributed by atoms with Gasteiger partial charge >= 0.3 is 6.09 Å².